The van der Waals surface area contributed by atoms with E-state index in [0.29, 0.717) is 11.5 Å². The van der Waals surface area contributed by atoms with Crippen LogP contribution in [0.15, 0.2) is 48.5 Å². The lowest BCUT2D eigenvalue weighted by Crippen LogP contribution is -2.25. The van der Waals surface area contributed by atoms with E-state index < -0.39 is 17.9 Å². The number of hydrogen-bond acceptors (Lipinski definition) is 5. The van der Waals surface area contributed by atoms with E-state index in [1.807, 2.05) is 0 Å². The first-order valence-corrected chi connectivity index (χ1v) is 8.10. The lowest BCUT2D eigenvalue weighted by atomic mass is 10.1. The number of ether oxygens (including phenoxy) is 2. The number of aliphatic hydroxyl groups is 1. The maximum atomic E-state index is 10.8. The predicted octanol–water partition coefficient (Wildman–Crippen LogP) is 0.561. The van der Waals surface area contributed by atoms with E-state index in [2.05, 4.69) is 0 Å². The van der Waals surface area contributed by atoms with Crippen molar-refractivity contribution in [1.29, 1.82) is 0 Å². The Morgan fingerprint density at radius 2 is 1.12 bits per heavy atom. The Kier molecular flexibility index (Phi) is 6.99. The molecule has 7 nitrogen and oxygen atoms in total. The molecule has 2 aromatic carbocycles. The van der Waals surface area contributed by atoms with Crippen molar-refractivity contribution >= 4 is 11.8 Å². The van der Waals surface area contributed by atoms with Gasteiger partial charge in [-0.05, 0) is 35.4 Å². The molecule has 0 bridgehead atoms. The molecule has 2 rings (SSSR count). The van der Waals surface area contributed by atoms with E-state index in [1.165, 1.54) is 0 Å². The van der Waals surface area contributed by atoms with Crippen LogP contribution in [-0.4, -0.2) is 36.2 Å². The summed E-state index contributed by atoms with van der Waals surface area (Å²) < 4.78 is 11.0. The summed E-state index contributed by atoms with van der Waals surface area (Å²) in [7, 11) is 0. The van der Waals surface area contributed by atoms with Crippen molar-refractivity contribution in [2.75, 3.05) is 13.2 Å². The normalized spacial score (nSPS) is 10.5. The van der Waals surface area contributed by atoms with E-state index in [-0.39, 0.29) is 26.1 Å². The number of rotatable bonds is 10. The van der Waals surface area contributed by atoms with Crippen molar-refractivity contribution < 1.29 is 24.2 Å². The molecule has 0 aliphatic rings. The fourth-order valence-electron chi connectivity index (χ4n) is 2.24. The van der Waals surface area contributed by atoms with Gasteiger partial charge in [-0.2, -0.15) is 0 Å². The van der Waals surface area contributed by atoms with E-state index in [0.717, 1.165) is 11.1 Å². The van der Waals surface area contributed by atoms with Crippen molar-refractivity contribution in [2.24, 2.45) is 11.5 Å². The van der Waals surface area contributed by atoms with Gasteiger partial charge in [0.25, 0.3) is 0 Å². The molecule has 2 amide bonds. The van der Waals surface area contributed by atoms with Gasteiger partial charge in [0.2, 0.25) is 11.8 Å². The second kappa shape index (κ2) is 9.43. The molecule has 0 saturated heterocycles. The number of primary amides is 2. The van der Waals surface area contributed by atoms with Crippen LogP contribution in [0, 0.1) is 0 Å². The molecule has 138 valence electrons. The summed E-state index contributed by atoms with van der Waals surface area (Å²) in [5.74, 6) is 0.365. The monoisotopic (exact) mass is 358 g/mol. The van der Waals surface area contributed by atoms with Crippen LogP contribution in [0.25, 0.3) is 0 Å². The van der Waals surface area contributed by atoms with Gasteiger partial charge >= 0.3 is 0 Å². The SMILES string of the molecule is NC(=O)Cc1ccc(OCC(O)COc2ccc(CC(N)=O)cc2)cc1. The largest absolute Gasteiger partial charge is 0.491 e. The highest BCUT2D eigenvalue weighted by atomic mass is 16.5. The van der Waals surface area contributed by atoms with Crippen LogP contribution in [-0.2, 0) is 22.4 Å². The highest BCUT2D eigenvalue weighted by molar-refractivity contribution is 5.77. The van der Waals surface area contributed by atoms with Crippen molar-refractivity contribution in [3.05, 3.63) is 59.7 Å². The molecule has 5 N–H and O–H groups in total. The van der Waals surface area contributed by atoms with E-state index >= 15 is 0 Å². The molecular formula is C19H22N2O5. The Morgan fingerprint density at radius 1 is 0.769 bits per heavy atom. The van der Waals surface area contributed by atoms with Gasteiger partial charge in [0, 0.05) is 0 Å². The third-order valence-electron chi connectivity index (χ3n) is 3.49. The van der Waals surface area contributed by atoms with Gasteiger partial charge in [-0.1, -0.05) is 24.3 Å². The average Bonchev–Trinajstić information content (AvgIpc) is 2.59. The lowest BCUT2D eigenvalue weighted by molar-refractivity contribution is -0.118. The van der Waals surface area contributed by atoms with Crippen molar-refractivity contribution in [3.63, 3.8) is 0 Å². The zero-order valence-electron chi connectivity index (χ0n) is 14.3. The lowest BCUT2D eigenvalue weighted by Gasteiger charge is -2.14. The highest BCUT2D eigenvalue weighted by Crippen LogP contribution is 2.14. The Balaban J connectivity index is 1.73. The number of aliphatic hydroxyl groups excluding tert-OH is 1. The van der Waals surface area contributed by atoms with Gasteiger partial charge in [-0.15, -0.1) is 0 Å². The highest BCUT2D eigenvalue weighted by Gasteiger charge is 2.08. The Morgan fingerprint density at radius 3 is 1.42 bits per heavy atom. The molecule has 0 spiro atoms. The standard InChI is InChI=1S/C19H22N2O5/c20-18(23)9-13-1-5-16(6-2-13)25-11-15(22)12-26-17-7-3-14(4-8-17)10-19(21)24/h1-8,15,22H,9-12H2,(H2,20,23)(H2,21,24). The van der Waals surface area contributed by atoms with Crippen LogP contribution >= 0.6 is 0 Å². The summed E-state index contributed by atoms with van der Waals surface area (Å²) >= 11 is 0. The molecular weight excluding hydrogens is 336 g/mol. The van der Waals surface area contributed by atoms with E-state index in [4.69, 9.17) is 20.9 Å². The Hall–Kier alpha value is -3.06. The first-order chi connectivity index (χ1) is 12.4. The molecule has 0 fully saturated rings. The number of hydrogen-bond donors (Lipinski definition) is 3. The number of benzene rings is 2. The molecule has 0 aliphatic carbocycles. The van der Waals surface area contributed by atoms with Crippen molar-refractivity contribution in [1.82, 2.24) is 0 Å². The van der Waals surface area contributed by atoms with Crippen LogP contribution in [0.2, 0.25) is 0 Å². The van der Waals surface area contributed by atoms with Crippen LogP contribution in [0.1, 0.15) is 11.1 Å². The first-order valence-electron chi connectivity index (χ1n) is 8.10. The molecule has 0 unspecified atom stereocenters. The topological polar surface area (TPSA) is 125 Å². The Bertz CT molecular complexity index is 665. The molecule has 0 radical (unpaired) electrons. The molecule has 2 aromatic rings. The minimum absolute atomic E-state index is 0.0644. The van der Waals surface area contributed by atoms with Crippen molar-refractivity contribution in [3.8, 4) is 11.5 Å². The summed E-state index contributed by atoms with van der Waals surface area (Å²) in [6.45, 7) is 0.129. The number of carbonyl (C=O) groups excluding carboxylic acids is 2. The number of carbonyl (C=O) groups is 2. The summed E-state index contributed by atoms with van der Waals surface area (Å²) in [5.41, 5.74) is 11.9. The van der Waals surface area contributed by atoms with E-state index in [1.54, 1.807) is 48.5 Å². The first kappa shape index (κ1) is 19.3. The fourth-order valence-corrected chi connectivity index (χ4v) is 2.24. The predicted molar refractivity (Wildman–Crippen MR) is 95.7 cm³/mol. The molecule has 0 atom stereocenters. The molecule has 7 heteroatoms. The van der Waals surface area contributed by atoms with Gasteiger partial charge in [-0.3, -0.25) is 9.59 Å². The van der Waals surface area contributed by atoms with Gasteiger partial charge in [0.1, 0.15) is 30.8 Å². The summed E-state index contributed by atoms with van der Waals surface area (Å²) in [6, 6.07) is 13.8. The fraction of sp³-hybridized carbons (Fsp3) is 0.263. The molecule has 0 saturated carbocycles. The van der Waals surface area contributed by atoms with Crippen molar-refractivity contribution in [2.45, 2.75) is 18.9 Å². The Labute approximate surface area is 151 Å². The summed E-state index contributed by atoms with van der Waals surface area (Å²) in [4.78, 5) is 21.7. The summed E-state index contributed by atoms with van der Waals surface area (Å²) in [6.07, 6.45) is -0.463. The maximum absolute atomic E-state index is 10.8. The quantitative estimate of drug-likeness (QED) is 0.572. The molecule has 0 aromatic heterocycles. The zero-order chi connectivity index (χ0) is 18.9. The molecule has 0 heterocycles. The van der Waals surface area contributed by atoms with Gasteiger partial charge in [0.05, 0.1) is 12.8 Å². The molecule has 0 aliphatic heterocycles. The van der Waals surface area contributed by atoms with Crippen LogP contribution in [0.5, 0.6) is 11.5 Å². The van der Waals surface area contributed by atoms with E-state index in [9.17, 15) is 14.7 Å². The second-order valence-corrected chi connectivity index (χ2v) is 5.85. The molecule has 26 heavy (non-hydrogen) atoms. The zero-order valence-corrected chi connectivity index (χ0v) is 14.3. The van der Waals surface area contributed by atoms with Gasteiger partial charge in [-0.25, -0.2) is 0 Å². The third-order valence-corrected chi connectivity index (χ3v) is 3.49. The second-order valence-electron chi connectivity index (χ2n) is 5.85. The average molecular weight is 358 g/mol. The van der Waals surface area contributed by atoms with Crippen LogP contribution in [0.3, 0.4) is 0 Å². The summed E-state index contributed by atoms with van der Waals surface area (Å²) in [5, 5.41) is 9.95. The van der Waals surface area contributed by atoms with Gasteiger partial charge < -0.3 is 26.0 Å². The number of nitrogens with two attached hydrogens (primary N) is 2. The maximum Gasteiger partial charge on any atom is 0.221 e. The van der Waals surface area contributed by atoms with Crippen LogP contribution < -0.4 is 20.9 Å². The minimum Gasteiger partial charge on any atom is -0.491 e. The number of amides is 2. The van der Waals surface area contributed by atoms with Crippen LogP contribution in [0.4, 0.5) is 0 Å². The third kappa shape index (κ3) is 6.82. The smallest absolute Gasteiger partial charge is 0.221 e. The minimum atomic E-state index is -0.814. The van der Waals surface area contributed by atoms with Gasteiger partial charge in [0.15, 0.2) is 0 Å².